The topological polar surface area (TPSA) is 39.9 Å². The number of hydrogen-bond donors (Lipinski definition) is 3. The predicted molar refractivity (Wildman–Crippen MR) is 71.2 cm³/mol. The monoisotopic (exact) mass is 229 g/mol. The SMILES string of the molecule is Cc1[nH]c2ccccc2c1C1NCCNC1C. The van der Waals surface area contributed by atoms with E-state index >= 15 is 0 Å². The second-order valence-corrected chi connectivity index (χ2v) is 4.88. The minimum atomic E-state index is 0.403. The molecule has 0 spiro atoms. The molecule has 0 bridgehead atoms. The molecule has 90 valence electrons. The highest BCUT2D eigenvalue weighted by molar-refractivity contribution is 5.85. The standard InChI is InChI=1S/C14H19N3/c1-9-13(14-10(2)15-7-8-16-14)11-5-3-4-6-12(11)17-9/h3-6,10,14-17H,7-8H2,1-2H3. The third-order valence-corrected chi connectivity index (χ3v) is 3.71. The van der Waals surface area contributed by atoms with Crippen LogP contribution in [0.5, 0.6) is 0 Å². The van der Waals surface area contributed by atoms with E-state index in [2.05, 4.69) is 53.7 Å². The Hall–Kier alpha value is -1.32. The Morgan fingerprint density at radius 2 is 1.88 bits per heavy atom. The number of piperazine rings is 1. The first kappa shape index (κ1) is 10.8. The van der Waals surface area contributed by atoms with Gasteiger partial charge in [0.2, 0.25) is 0 Å². The van der Waals surface area contributed by atoms with Crippen molar-refractivity contribution in [3.05, 3.63) is 35.5 Å². The number of hydrogen-bond acceptors (Lipinski definition) is 2. The number of aromatic amines is 1. The molecule has 1 aliphatic heterocycles. The second kappa shape index (κ2) is 4.17. The van der Waals surface area contributed by atoms with E-state index in [4.69, 9.17) is 0 Å². The summed E-state index contributed by atoms with van der Waals surface area (Å²) in [5.41, 5.74) is 3.93. The Kier molecular flexibility index (Phi) is 2.65. The van der Waals surface area contributed by atoms with E-state index in [0.29, 0.717) is 12.1 Å². The van der Waals surface area contributed by atoms with Gasteiger partial charge in [0, 0.05) is 41.8 Å². The summed E-state index contributed by atoms with van der Waals surface area (Å²) in [4.78, 5) is 3.48. The van der Waals surface area contributed by atoms with Gasteiger partial charge in [-0.05, 0) is 25.5 Å². The highest BCUT2D eigenvalue weighted by Gasteiger charge is 2.25. The first-order valence-corrected chi connectivity index (χ1v) is 6.31. The molecular weight excluding hydrogens is 210 g/mol. The fourth-order valence-electron chi connectivity index (χ4n) is 2.87. The van der Waals surface area contributed by atoms with Crippen LogP contribution in [0.3, 0.4) is 0 Å². The van der Waals surface area contributed by atoms with E-state index in [0.717, 1.165) is 13.1 Å². The van der Waals surface area contributed by atoms with E-state index in [1.165, 1.54) is 22.2 Å². The van der Waals surface area contributed by atoms with Gasteiger partial charge in [0.15, 0.2) is 0 Å². The van der Waals surface area contributed by atoms with Crippen LogP contribution in [-0.2, 0) is 0 Å². The Balaban J connectivity index is 2.12. The second-order valence-electron chi connectivity index (χ2n) is 4.88. The largest absolute Gasteiger partial charge is 0.358 e. The average molecular weight is 229 g/mol. The van der Waals surface area contributed by atoms with Gasteiger partial charge in [-0.3, -0.25) is 0 Å². The Labute approximate surface area is 102 Å². The van der Waals surface area contributed by atoms with Crippen LogP contribution in [0.4, 0.5) is 0 Å². The first-order chi connectivity index (χ1) is 8.27. The molecule has 3 nitrogen and oxygen atoms in total. The molecule has 1 saturated heterocycles. The summed E-state index contributed by atoms with van der Waals surface area (Å²) in [6.07, 6.45) is 0. The smallest absolute Gasteiger partial charge is 0.0497 e. The fraction of sp³-hybridized carbons (Fsp3) is 0.429. The molecule has 2 unspecified atom stereocenters. The molecule has 3 heteroatoms. The number of H-pyrrole nitrogens is 1. The van der Waals surface area contributed by atoms with Crippen molar-refractivity contribution in [2.75, 3.05) is 13.1 Å². The number of nitrogens with one attached hydrogen (secondary N) is 3. The zero-order valence-corrected chi connectivity index (χ0v) is 10.4. The Bertz CT molecular complexity index is 529. The normalized spacial score (nSPS) is 25.3. The van der Waals surface area contributed by atoms with Crippen molar-refractivity contribution in [3.8, 4) is 0 Å². The van der Waals surface area contributed by atoms with E-state index < -0.39 is 0 Å². The van der Waals surface area contributed by atoms with Crippen molar-refractivity contribution in [2.24, 2.45) is 0 Å². The molecule has 2 atom stereocenters. The zero-order valence-electron chi connectivity index (χ0n) is 10.4. The van der Waals surface area contributed by atoms with Crippen molar-refractivity contribution in [1.82, 2.24) is 15.6 Å². The first-order valence-electron chi connectivity index (χ1n) is 6.31. The van der Waals surface area contributed by atoms with E-state index in [1.54, 1.807) is 0 Å². The maximum Gasteiger partial charge on any atom is 0.0497 e. The van der Waals surface area contributed by atoms with Gasteiger partial charge in [-0.1, -0.05) is 18.2 Å². The van der Waals surface area contributed by atoms with Gasteiger partial charge in [0.25, 0.3) is 0 Å². The Morgan fingerprint density at radius 1 is 1.12 bits per heavy atom. The molecule has 0 radical (unpaired) electrons. The maximum absolute atomic E-state index is 3.62. The molecular formula is C14H19N3. The molecule has 3 rings (SSSR count). The average Bonchev–Trinajstić information content (AvgIpc) is 2.66. The Morgan fingerprint density at radius 3 is 2.71 bits per heavy atom. The number of para-hydroxylation sites is 1. The van der Waals surface area contributed by atoms with Crippen molar-refractivity contribution in [3.63, 3.8) is 0 Å². The van der Waals surface area contributed by atoms with E-state index in [1.807, 2.05) is 0 Å². The lowest BCUT2D eigenvalue weighted by Gasteiger charge is -2.31. The van der Waals surface area contributed by atoms with Crippen LogP contribution >= 0.6 is 0 Å². The summed E-state index contributed by atoms with van der Waals surface area (Å²) in [6.45, 7) is 6.50. The lowest BCUT2D eigenvalue weighted by atomic mass is 9.96. The van der Waals surface area contributed by atoms with Gasteiger partial charge < -0.3 is 15.6 Å². The molecule has 3 N–H and O–H groups in total. The van der Waals surface area contributed by atoms with Crippen LogP contribution in [0.25, 0.3) is 10.9 Å². The highest BCUT2D eigenvalue weighted by Crippen LogP contribution is 2.30. The summed E-state index contributed by atoms with van der Waals surface area (Å²) in [5.74, 6) is 0. The van der Waals surface area contributed by atoms with Gasteiger partial charge in [-0.15, -0.1) is 0 Å². The lowest BCUT2D eigenvalue weighted by Crippen LogP contribution is -2.49. The molecule has 0 aliphatic carbocycles. The molecule has 2 aromatic rings. The summed E-state index contributed by atoms with van der Waals surface area (Å²) in [7, 11) is 0. The van der Waals surface area contributed by atoms with Gasteiger partial charge in [0.05, 0.1) is 0 Å². The molecule has 0 saturated carbocycles. The summed E-state index contributed by atoms with van der Waals surface area (Å²) in [6, 6.07) is 9.42. The molecule has 1 aromatic heterocycles. The molecule has 1 aliphatic rings. The molecule has 1 fully saturated rings. The predicted octanol–water partition coefficient (Wildman–Crippen LogP) is 2.10. The summed E-state index contributed by atoms with van der Waals surface area (Å²) < 4.78 is 0. The van der Waals surface area contributed by atoms with Crippen LogP contribution in [0, 0.1) is 6.92 Å². The van der Waals surface area contributed by atoms with Crippen molar-refractivity contribution in [2.45, 2.75) is 25.9 Å². The van der Waals surface area contributed by atoms with Crippen LogP contribution in [0.15, 0.2) is 24.3 Å². The highest BCUT2D eigenvalue weighted by atomic mass is 15.1. The lowest BCUT2D eigenvalue weighted by molar-refractivity contribution is 0.346. The molecule has 1 aromatic carbocycles. The van der Waals surface area contributed by atoms with Gasteiger partial charge >= 0.3 is 0 Å². The van der Waals surface area contributed by atoms with Crippen molar-refractivity contribution in [1.29, 1.82) is 0 Å². The molecule has 0 amide bonds. The van der Waals surface area contributed by atoms with Crippen LogP contribution in [0.1, 0.15) is 24.2 Å². The van der Waals surface area contributed by atoms with Gasteiger partial charge in [-0.25, -0.2) is 0 Å². The van der Waals surface area contributed by atoms with E-state index in [-0.39, 0.29) is 0 Å². The third-order valence-electron chi connectivity index (χ3n) is 3.71. The number of aromatic nitrogens is 1. The molecule has 17 heavy (non-hydrogen) atoms. The number of fused-ring (bicyclic) bond motifs is 1. The fourth-order valence-corrected chi connectivity index (χ4v) is 2.87. The minimum Gasteiger partial charge on any atom is -0.358 e. The zero-order chi connectivity index (χ0) is 11.8. The van der Waals surface area contributed by atoms with Gasteiger partial charge in [0.1, 0.15) is 0 Å². The summed E-state index contributed by atoms with van der Waals surface area (Å²) >= 11 is 0. The quantitative estimate of drug-likeness (QED) is 0.701. The molecule has 2 heterocycles. The van der Waals surface area contributed by atoms with Crippen LogP contribution in [0.2, 0.25) is 0 Å². The maximum atomic E-state index is 3.62. The number of benzene rings is 1. The van der Waals surface area contributed by atoms with E-state index in [9.17, 15) is 0 Å². The van der Waals surface area contributed by atoms with Crippen LogP contribution < -0.4 is 10.6 Å². The van der Waals surface area contributed by atoms with Crippen LogP contribution in [-0.4, -0.2) is 24.1 Å². The van der Waals surface area contributed by atoms with Gasteiger partial charge in [-0.2, -0.15) is 0 Å². The summed E-state index contributed by atoms with van der Waals surface area (Å²) in [5, 5.41) is 8.50. The minimum absolute atomic E-state index is 0.403. The third kappa shape index (κ3) is 1.75. The van der Waals surface area contributed by atoms with Crippen molar-refractivity contribution >= 4 is 10.9 Å². The van der Waals surface area contributed by atoms with Crippen molar-refractivity contribution < 1.29 is 0 Å². The number of aryl methyl sites for hydroxylation is 1. The number of rotatable bonds is 1.